The summed E-state index contributed by atoms with van der Waals surface area (Å²) in [5, 5.41) is 8.59. The molecule has 0 saturated carbocycles. The molecule has 8 nitrogen and oxygen atoms in total. The van der Waals surface area contributed by atoms with Gasteiger partial charge in [-0.25, -0.2) is 13.4 Å². The summed E-state index contributed by atoms with van der Waals surface area (Å²) in [6.45, 7) is 4.03. The highest BCUT2D eigenvalue weighted by molar-refractivity contribution is 7.92. The number of nitrogens with zero attached hydrogens (tertiary/aromatic N) is 2. The van der Waals surface area contributed by atoms with Crippen molar-refractivity contribution in [3.8, 4) is 0 Å². The molecule has 0 saturated heterocycles. The first-order valence-corrected chi connectivity index (χ1v) is 12.3. The maximum atomic E-state index is 12.5. The number of carbonyl (C=O) groups excluding carboxylic acids is 2. The summed E-state index contributed by atoms with van der Waals surface area (Å²) in [4.78, 5) is 24.9. The first-order valence-electron chi connectivity index (χ1n) is 10.6. The van der Waals surface area contributed by atoms with E-state index in [9.17, 15) is 18.0 Å². The third-order valence-corrected chi connectivity index (χ3v) is 6.59. The Morgan fingerprint density at radius 1 is 1.03 bits per heavy atom. The van der Waals surface area contributed by atoms with E-state index < -0.39 is 10.0 Å². The number of carbonyl (C=O) groups is 2. The van der Waals surface area contributed by atoms with Gasteiger partial charge in [-0.2, -0.15) is 5.10 Å². The fourth-order valence-corrected chi connectivity index (χ4v) is 4.60. The predicted octanol–water partition coefficient (Wildman–Crippen LogP) is 3.50. The number of amides is 2. The molecule has 9 heteroatoms. The predicted molar refractivity (Wildman–Crippen MR) is 126 cm³/mol. The van der Waals surface area contributed by atoms with Gasteiger partial charge in [-0.1, -0.05) is 43.3 Å². The van der Waals surface area contributed by atoms with Crippen molar-refractivity contribution in [3.05, 3.63) is 59.7 Å². The topological polar surface area (TPSA) is 108 Å². The Balaban J connectivity index is 1.56. The third kappa shape index (κ3) is 6.16. The Bertz CT molecular complexity index is 1110. The first-order chi connectivity index (χ1) is 15.3. The Morgan fingerprint density at radius 2 is 1.75 bits per heavy atom. The van der Waals surface area contributed by atoms with Crippen LogP contribution in [0.1, 0.15) is 43.7 Å². The van der Waals surface area contributed by atoms with Gasteiger partial charge in [0.2, 0.25) is 21.8 Å². The van der Waals surface area contributed by atoms with Gasteiger partial charge >= 0.3 is 0 Å². The first kappa shape index (κ1) is 23.5. The van der Waals surface area contributed by atoms with Crippen LogP contribution >= 0.6 is 0 Å². The van der Waals surface area contributed by atoms with Crippen molar-refractivity contribution in [2.24, 2.45) is 5.10 Å². The second kappa shape index (κ2) is 10.4. The van der Waals surface area contributed by atoms with Crippen molar-refractivity contribution in [2.75, 3.05) is 22.3 Å². The second-order valence-electron chi connectivity index (χ2n) is 7.63. The third-order valence-electron chi connectivity index (χ3n) is 5.11. The van der Waals surface area contributed by atoms with E-state index in [2.05, 4.69) is 15.1 Å². The van der Waals surface area contributed by atoms with Crippen molar-refractivity contribution in [3.63, 3.8) is 0 Å². The van der Waals surface area contributed by atoms with E-state index in [0.717, 1.165) is 11.3 Å². The van der Waals surface area contributed by atoms with Crippen LogP contribution in [0, 0.1) is 6.92 Å². The van der Waals surface area contributed by atoms with Crippen LogP contribution in [0.15, 0.2) is 53.6 Å². The van der Waals surface area contributed by atoms with E-state index in [1.807, 2.05) is 30.3 Å². The monoisotopic (exact) mass is 456 g/mol. The van der Waals surface area contributed by atoms with Gasteiger partial charge in [0.25, 0.3) is 0 Å². The molecule has 0 aliphatic carbocycles. The van der Waals surface area contributed by atoms with Gasteiger partial charge in [0.05, 0.1) is 23.7 Å². The summed E-state index contributed by atoms with van der Waals surface area (Å²) in [6.07, 6.45) is 1.24. The fourth-order valence-electron chi connectivity index (χ4n) is 3.40. The van der Waals surface area contributed by atoms with Crippen molar-refractivity contribution in [1.29, 1.82) is 0 Å². The summed E-state index contributed by atoms with van der Waals surface area (Å²) in [7, 11) is -3.43. The molecule has 0 spiro atoms. The number of sulfonamides is 1. The molecule has 0 fully saturated rings. The van der Waals surface area contributed by atoms with E-state index in [1.165, 1.54) is 5.01 Å². The highest BCUT2D eigenvalue weighted by Crippen LogP contribution is 2.25. The molecule has 0 bridgehead atoms. The van der Waals surface area contributed by atoms with Crippen LogP contribution in [0.5, 0.6) is 0 Å². The Hall–Kier alpha value is -3.20. The smallest absolute Gasteiger partial charge is 0.243 e. The normalized spacial score (nSPS) is 13.6. The van der Waals surface area contributed by atoms with Crippen LogP contribution in [0.2, 0.25) is 0 Å². The zero-order valence-electron chi connectivity index (χ0n) is 18.3. The average Bonchev–Trinajstić information content (AvgIpc) is 3.26. The number of nitrogens with one attached hydrogen (secondary N) is 2. The van der Waals surface area contributed by atoms with E-state index in [4.69, 9.17) is 0 Å². The van der Waals surface area contributed by atoms with E-state index >= 15 is 0 Å². The van der Waals surface area contributed by atoms with E-state index in [1.54, 1.807) is 32.0 Å². The van der Waals surface area contributed by atoms with Gasteiger partial charge in [0.15, 0.2) is 0 Å². The molecule has 0 unspecified atom stereocenters. The van der Waals surface area contributed by atoms with Crippen molar-refractivity contribution in [1.82, 2.24) is 5.01 Å². The molecule has 2 N–H and O–H groups in total. The van der Waals surface area contributed by atoms with Crippen LogP contribution in [-0.4, -0.2) is 43.3 Å². The molecular weight excluding hydrogens is 428 g/mol. The van der Waals surface area contributed by atoms with Gasteiger partial charge in [-0.3, -0.25) is 14.3 Å². The highest BCUT2D eigenvalue weighted by Gasteiger charge is 2.22. The van der Waals surface area contributed by atoms with Gasteiger partial charge < -0.3 is 5.32 Å². The quantitative estimate of drug-likeness (QED) is 0.602. The lowest BCUT2D eigenvalue weighted by Gasteiger charge is -2.15. The SMILES string of the molecule is CCCS(=O)(=O)Nc1cccc(NC(=O)CCC(=O)N2CCC(c3ccccc3)=N2)c1C. The highest BCUT2D eigenvalue weighted by atomic mass is 32.2. The van der Waals surface area contributed by atoms with Crippen LogP contribution in [0.3, 0.4) is 0 Å². The molecule has 1 aliphatic rings. The molecule has 2 aromatic carbocycles. The fraction of sp³-hybridized carbons (Fsp3) is 0.348. The molecule has 32 heavy (non-hydrogen) atoms. The largest absolute Gasteiger partial charge is 0.326 e. The number of anilines is 2. The number of hydrogen-bond donors (Lipinski definition) is 2. The number of benzene rings is 2. The van der Waals surface area contributed by atoms with Crippen molar-refractivity contribution >= 4 is 38.9 Å². The molecule has 2 aromatic rings. The molecule has 0 aromatic heterocycles. The lowest BCUT2D eigenvalue weighted by Crippen LogP contribution is -2.25. The van der Waals surface area contributed by atoms with Gasteiger partial charge in [-0.05, 0) is 36.6 Å². The second-order valence-corrected chi connectivity index (χ2v) is 9.47. The molecule has 0 radical (unpaired) electrons. The minimum atomic E-state index is -3.43. The van der Waals surface area contributed by atoms with Crippen LogP contribution < -0.4 is 10.0 Å². The Morgan fingerprint density at radius 3 is 2.47 bits per heavy atom. The Labute approximate surface area is 188 Å². The van der Waals surface area contributed by atoms with Crippen LogP contribution in [-0.2, 0) is 19.6 Å². The Kier molecular flexibility index (Phi) is 7.63. The molecule has 3 rings (SSSR count). The zero-order chi connectivity index (χ0) is 23.1. The minimum Gasteiger partial charge on any atom is -0.326 e. The lowest BCUT2D eigenvalue weighted by atomic mass is 10.1. The maximum absolute atomic E-state index is 12.5. The molecule has 1 heterocycles. The maximum Gasteiger partial charge on any atom is 0.243 e. The number of rotatable bonds is 9. The molecule has 2 amide bonds. The van der Waals surface area contributed by atoms with Crippen molar-refractivity contribution in [2.45, 2.75) is 39.5 Å². The summed E-state index contributed by atoms with van der Waals surface area (Å²) in [5.74, 6) is -0.499. The van der Waals surface area contributed by atoms with Gasteiger partial charge in [0.1, 0.15) is 0 Å². The lowest BCUT2D eigenvalue weighted by molar-refractivity contribution is -0.132. The zero-order valence-corrected chi connectivity index (χ0v) is 19.1. The average molecular weight is 457 g/mol. The van der Waals surface area contributed by atoms with Gasteiger partial charge in [0, 0.05) is 24.9 Å². The molecule has 170 valence electrons. The summed E-state index contributed by atoms with van der Waals surface area (Å²) >= 11 is 0. The number of hydrazone groups is 1. The number of hydrogen-bond acceptors (Lipinski definition) is 5. The van der Waals surface area contributed by atoms with E-state index in [0.29, 0.717) is 36.3 Å². The summed E-state index contributed by atoms with van der Waals surface area (Å²) in [6, 6.07) is 14.7. The van der Waals surface area contributed by atoms with Crippen LogP contribution in [0.4, 0.5) is 11.4 Å². The molecule has 1 aliphatic heterocycles. The molecule has 0 atom stereocenters. The summed E-state index contributed by atoms with van der Waals surface area (Å²) < 4.78 is 26.7. The molecular formula is C23H28N4O4S. The van der Waals surface area contributed by atoms with Crippen molar-refractivity contribution < 1.29 is 18.0 Å². The standard InChI is InChI=1S/C23H28N4O4S/c1-3-16-32(30,31)26-20-11-7-10-19(17(20)2)24-22(28)12-13-23(29)27-15-14-21(25-27)18-8-5-4-6-9-18/h4-11,26H,3,12-16H2,1-2H3,(H,24,28). The van der Waals surface area contributed by atoms with Gasteiger partial charge in [-0.15, -0.1) is 0 Å². The van der Waals surface area contributed by atoms with E-state index in [-0.39, 0.29) is 30.4 Å². The summed E-state index contributed by atoms with van der Waals surface area (Å²) in [5.41, 5.74) is 3.40. The minimum absolute atomic E-state index is 0.0107. The van der Waals surface area contributed by atoms with Crippen LogP contribution in [0.25, 0.3) is 0 Å².